The van der Waals surface area contributed by atoms with E-state index < -0.39 is 17.8 Å². The lowest BCUT2D eigenvalue weighted by Crippen LogP contribution is -2.14. The highest BCUT2D eigenvalue weighted by Crippen LogP contribution is 2.36. The van der Waals surface area contributed by atoms with Crippen LogP contribution in [0.4, 0.5) is 5.00 Å². The third-order valence-corrected chi connectivity index (χ3v) is 5.71. The zero-order chi connectivity index (χ0) is 18.0. The molecule has 2 rings (SSSR count). The molecular formula is C14H11Cl2NO5S2. The van der Waals surface area contributed by atoms with Crippen molar-refractivity contribution in [2.75, 3.05) is 19.5 Å². The van der Waals surface area contributed by atoms with Gasteiger partial charge in [-0.2, -0.15) is 0 Å². The number of anilines is 1. The third-order valence-electron chi connectivity index (χ3n) is 3.04. The summed E-state index contributed by atoms with van der Waals surface area (Å²) >= 11 is 13.7. The lowest BCUT2D eigenvalue weighted by Gasteiger charge is -2.05. The van der Waals surface area contributed by atoms with Crippen LogP contribution < -0.4 is 5.32 Å². The minimum Gasteiger partial charge on any atom is -0.465 e. The summed E-state index contributed by atoms with van der Waals surface area (Å²) in [6, 6.07) is 1.42. The first kappa shape index (κ1) is 18.7. The van der Waals surface area contributed by atoms with Crippen molar-refractivity contribution in [3.8, 4) is 0 Å². The fraction of sp³-hybridized carbons (Fsp3) is 0.214. The summed E-state index contributed by atoms with van der Waals surface area (Å²) in [6.45, 7) is 1.57. The van der Waals surface area contributed by atoms with E-state index in [9.17, 15) is 14.4 Å². The Morgan fingerprint density at radius 3 is 2.21 bits per heavy atom. The van der Waals surface area contributed by atoms with Crippen LogP contribution in [0, 0.1) is 6.92 Å². The summed E-state index contributed by atoms with van der Waals surface area (Å²) in [5.74, 6) is -1.84. The highest BCUT2D eigenvalue weighted by Gasteiger charge is 2.27. The fourth-order valence-corrected chi connectivity index (χ4v) is 4.47. The van der Waals surface area contributed by atoms with Gasteiger partial charge in [0.05, 0.1) is 29.7 Å². The first-order chi connectivity index (χ1) is 11.3. The number of rotatable bonds is 4. The fourth-order valence-electron chi connectivity index (χ4n) is 1.90. The van der Waals surface area contributed by atoms with E-state index in [0.29, 0.717) is 9.90 Å². The van der Waals surface area contributed by atoms with E-state index in [-0.39, 0.29) is 25.3 Å². The van der Waals surface area contributed by atoms with Gasteiger partial charge < -0.3 is 14.8 Å². The molecule has 1 amide bonds. The van der Waals surface area contributed by atoms with Gasteiger partial charge in [-0.05, 0) is 18.6 Å². The molecule has 0 unspecified atom stereocenters. The average Bonchev–Trinajstić information content (AvgIpc) is 3.05. The molecule has 0 aliphatic carbocycles. The van der Waals surface area contributed by atoms with Gasteiger partial charge in [0.2, 0.25) is 0 Å². The summed E-state index contributed by atoms with van der Waals surface area (Å²) in [5.41, 5.74) is 0.630. The van der Waals surface area contributed by atoms with Crippen molar-refractivity contribution in [3.63, 3.8) is 0 Å². The first-order valence-electron chi connectivity index (χ1n) is 6.36. The maximum atomic E-state index is 12.4. The number of thiophene rings is 2. The Labute approximate surface area is 155 Å². The van der Waals surface area contributed by atoms with E-state index >= 15 is 0 Å². The predicted octanol–water partition coefficient (Wildman–Crippen LogP) is 4.25. The van der Waals surface area contributed by atoms with Crippen molar-refractivity contribution in [3.05, 3.63) is 36.3 Å². The Balaban J connectivity index is 2.45. The minimum atomic E-state index is -0.677. The molecule has 0 atom stereocenters. The molecular weight excluding hydrogens is 397 g/mol. The monoisotopic (exact) mass is 407 g/mol. The van der Waals surface area contributed by atoms with Gasteiger partial charge >= 0.3 is 11.9 Å². The van der Waals surface area contributed by atoms with Gasteiger partial charge in [0.15, 0.2) is 0 Å². The van der Waals surface area contributed by atoms with E-state index in [2.05, 4.69) is 10.1 Å². The van der Waals surface area contributed by atoms with Crippen LogP contribution in [0.2, 0.25) is 8.67 Å². The van der Waals surface area contributed by atoms with Crippen molar-refractivity contribution >= 4 is 68.7 Å². The number of hydrogen-bond acceptors (Lipinski definition) is 7. The molecule has 24 heavy (non-hydrogen) atoms. The SMILES string of the molecule is COC(=O)c1sc(NC(=O)c2cc(Cl)sc2Cl)c(C(=O)OC)c1C. The van der Waals surface area contributed by atoms with Crippen molar-refractivity contribution in [2.45, 2.75) is 6.92 Å². The average molecular weight is 408 g/mol. The Hall–Kier alpha value is -1.61. The van der Waals surface area contributed by atoms with E-state index in [0.717, 1.165) is 22.7 Å². The van der Waals surface area contributed by atoms with Gasteiger partial charge in [-0.25, -0.2) is 9.59 Å². The number of amides is 1. The number of carbonyl (C=O) groups excluding carboxylic acids is 3. The van der Waals surface area contributed by atoms with Crippen LogP contribution in [0.3, 0.4) is 0 Å². The maximum Gasteiger partial charge on any atom is 0.348 e. The molecule has 10 heteroatoms. The van der Waals surface area contributed by atoms with Crippen LogP contribution in [0.15, 0.2) is 6.07 Å². The van der Waals surface area contributed by atoms with Gasteiger partial charge in [-0.15, -0.1) is 22.7 Å². The first-order valence-corrected chi connectivity index (χ1v) is 8.75. The molecule has 2 aromatic rings. The number of methoxy groups -OCH3 is 2. The summed E-state index contributed by atoms with van der Waals surface area (Å²) < 4.78 is 9.98. The third kappa shape index (κ3) is 3.56. The zero-order valence-corrected chi connectivity index (χ0v) is 15.8. The van der Waals surface area contributed by atoms with Gasteiger partial charge in [0.1, 0.15) is 14.2 Å². The smallest absolute Gasteiger partial charge is 0.348 e. The summed E-state index contributed by atoms with van der Waals surface area (Å²) in [4.78, 5) is 36.4. The van der Waals surface area contributed by atoms with Crippen LogP contribution in [-0.4, -0.2) is 32.1 Å². The molecule has 0 aliphatic rings. The topological polar surface area (TPSA) is 81.7 Å². The van der Waals surface area contributed by atoms with Gasteiger partial charge in [-0.3, -0.25) is 4.79 Å². The second-order valence-electron chi connectivity index (χ2n) is 4.44. The summed E-state index contributed by atoms with van der Waals surface area (Å²) in [6.07, 6.45) is 0. The number of nitrogens with one attached hydrogen (secondary N) is 1. The molecule has 2 heterocycles. The van der Waals surface area contributed by atoms with Gasteiger partial charge in [0, 0.05) is 0 Å². The van der Waals surface area contributed by atoms with E-state index in [1.54, 1.807) is 6.92 Å². The number of halogens is 2. The minimum absolute atomic E-state index is 0.0914. The number of hydrogen-bond donors (Lipinski definition) is 1. The van der Waals surface area contributed by atoms with E-state index in [4.69, 9.17) is 27.9 Å². The van der Waals surface area contributed by atoms with Crippen molar-refractivity contribution < 1.29 is 23.9 Å². The molecule has 0 saturated heterocycles. The highest BCUT2D eigenvalue weighted by atomic mass is 35.5. The van der Waals surface area contributed by atoms with Crippen LogP contribution in [0.1, 0.15) is 36.0 Å². The summed E-state index contributed by atoms with van der Waals surface area (Å²) in [7, 11) is 2.43. The molecule has 0 aromatic carbocycles. The Bertz CT molecular complexity index is 827. The number of carbonyl (C=O) groups is 3. The van der Waals surface area contributed by atoms with Crippen molar-refractivity contribution in [1.29, 1.82) is 0 Å². The quantitative estimate of drug-likeness (QED) is 0.765. The number of esters is 2. The van der Waals surface area contributed by atoms with Gasteiger partial charge in [-0.1, -0.05) is 23.2 Å². The van der Waals surface area contributed by atoms with Crippen molar-refractivity contribution in [2.24, 2.45) is 0 Å². The lowest BCUT2D eigenvalue weighted by molar-refractivity contribution is 0.0601. The molecule has 0 spiro atoms. The number of ether oxygens (including phenoxy) is 2. The lowest BCUT2D eigenvalue weighted by atomic mass is 10.1. The molecule has 0 saturated carbocycles. The standard InChI is InChI=1S/C14H11Cl2NO5S2/c1-5-8(13(19)21-2)12(24-9(5)14(20)22-3)17-11(18)6-4-7(15)23-10(6)16/h4H,1-3H3,(H,17,18). The Morgan fingerprint density at radius 2 is 1.71 bits per heavy atom. The highest BCUT2D eigenvalue weighted by molar-refractivity contribution is 7.20. The zero-order valence-electron chi connectivity index (χ0n) is 12.7. The Morgan fingerprint density at radius 1 is 1.08 bits per heavy atom. The largest absolute Gasteiger partial charge is 0.465 e. The van der Waals surface area contributed by atoms with Crippen molar-refractivity contribution in [1.82, 2.24) is 0 Å². The molecule has 0 radical (unpaired) electrons. The summed E-state index contributed by atoms with van der Waals surface area (Å²) in [5, 5.41) is 2.74. The van der Waals surface area contributed by atoms with Crippen LogP contribution >= 0.6 is 45.9 Å². The van der Waals surface area contributed by atoms with E-state index in [1.165, 1.54) is 20.3 Å². The molecule has 128 valence electrons. The normalized spacial score (nSPS) is 10.4. The van der Waals surface area contributed by atoms with E-state index in [1.807, 2.05) is 0 Å². The second-order valence-corrected chi connectivity index (χ2v) is 7.74. The van der Waals surface area contributed by atoms with Crippen LogP contribution in [-0.2, 0) is 9.47 Å². The molecule has 0 aliphatic heterocycles. The van der Waals surface area contributed by atoms with Crippen LogP contribution in [0.25, 0.3) is 0 Å². The predicted molar refractivity (Wildman–Crippen MR) is 94.0 cm³/mol. The molecule has 6 nitrogen and oxygen atoms in total. The van der Waals surface area contributed by atoms with Gasteiger partial charge in [0.25, 0.3) is 5.91 Å². The maximum absolute atomic E-state index is 12.4. The molecule has 0 fully saturated rings. The Kier molecular flexibility index (Phi) is 5.87. The molecule has 1 N–H and O–H groups in total. The molecule has 2 aromatic heterocycles. The second kappa shape index (κ2) is 7.52. The van der Waals surface area contributed by atoms with Crippen LogP contribution in [0.5, 0.6) is 0 Å². The molecule has 0 bridgehead atoms.